The molecule has 1 rings (SSSR count). The van der Waals surface area contributed by atoms with Gasteiger partial charge in [0, 0.05) is 31.2 Å². The fourth-order valence-corrected chi connectivity index (χ4v) is 2.22. The van der Waals surface area contributed by atoms with Crippen molar-refractivity contribution in [1.29, 1.82) is 0 Å². The van der Waals surface area contributed by atoms with Crippen LogP contribution in [0.15, 0.2) is 24.3 Å². The van der Waals surface area contributed by atoms with E-state index in [-0.39, 0.29) is 18.2 Å². The molecule has 0 saturated heterocycles. The summed E-state index contributed by atoms with van der Waals surface area (Å²) < 4.78 is 22.1. The Morgan fingerprint density at radius 2 is 1.75 bits per heavy atom. The van der Waals surface area contributed by atoms with E-state index in [4.69, 9.17) is 5.73 Å². The van der Waals surface area contributed by atoms with E-state index < -0.39 is 9.84 Å². The monoisotopic (exact) mass is 299 g/mol. The van der Waals surface area contributed by atoms with E-state index in [2.05, 4.69) is 0 Å². The number of hydrogen-bond donors (Lipinski definition) is 1. The van der Waals surface area contributed by atoms with Crippen molar-refractivity contribution in [3.8, 4) is 0 Å². The van der Waals surface area contributed by atoms with Gasteiger partial charge in [-0.15, -0.1) is 0 Å². The van der Waals surface area contributed by atoms with Crippen LogP contribution in [-0.2, 0) is 14.6 Å². The van der Waals surface area contributed by atoms with E-state index in [1.807, 2.05) is 0 Å². The molecule has 2 N–H and O–H groups in total. The number of nitrogens with zero attached hydrogens (tertiary/aromatic N) is 2. The van der Waals surface area contributed by atoms with Crippen LogP contribution in [0.3, 0.4) is 0 Å². The summed E-state index contributed by atoms with van der Waals surface area (Å²) in [6, 6.07) is 6.99. The van der Waals surface area contributed by atoms with Gasteiger partial charge in [0.2, 0.25) is 5.91 Å². The number of hydrogen-bond acceptors (Lipinski definition) is 5. The zero-order valence-electron chi connectivity index (χ0n) is 12.0. The summed E-state index contributed by atoms with van der Waals surface area (Å²) in [6.07, 6.45) is 1.18. The zero-order chi connectivity index (χ0) is 15.3. The van der Waals surface area contributed by atoms with Gasteiger partial charge in [0.15, 0.2) is 0 Å². The van der Waals surface area contributed by atoms with Crippen molar-refractivity contribution in [3.05, 3.63) is 24.3 Å². The number of nitrogen functional groups attached to an aromatic ring is 1. The molecule has 0 heterocycles. The van der Waals surface area contributed by atoms with Gasteiger partial charge in [-0.25, -0.2) is 8.42 Å². The number of nitrogens with two attached hydrogens (primary N) is 1. The van der Waals surface area contributed by atoms with Gasteiger partial charge in [0.1, 0.15) is 9.84 Å². The van der Waals surface area contributed by atoms with Crippen molar-refractivity contribution in [2.45, 2.75) is 0 Å². The van der Waals surface area contributed by atoms with Crippen LogP contribution in [0.5, 0.6) is 0 Å². The fraction of sp³-hybridized carbons (Fsp3) is 0.462. The number of benzene rings is 1. The van der Waals surface area contributed by atoms with Gasteiger partial charge in [-0.05, 0) is 31.3 Å². The van der Waals surface area contributed by atoms with Crippen molar-refractivity contribution in [3.63, 3.8) is 0 Å². The fourth-order valence-electron chi connectivity index (χ4n) is 1.58. The first-order chi connectivity index (χ1) is 9.19. The van der Waals surface area contributed by atoms with E-state index in [9.17, 15) is 13.2 Å². The van der Waals surface area contributed by atoms with Crippen LogP contribution in [0.1, 0.15) is 0 Å². The molecule has 0 atom stereocenters. The molecule has 0 spiro atoms. The second kappa shape index (κ2) is 6.71. The molecule has 0 radical (unpaired) electrons. The van der Waals surface area contributed by atoms with Gasteiger partial charge < -0.3 is 10.6 Å². The smallest absolute Gasteiger partial charge is 0.240 e. The quantitative estimate of drug-likeness (QED) is 0.759. The first-order valence-corrected chi connectivity index (χ1v) is 8.23. The van der Waals surface area contributed by atoms with Crippen molar-refractivity contribution < 1.29 is 13.2 Å². The second-order valence-corrected chi connectivity index (χ2v) is 7.17. The van der Waals surface area contributed by atoms with Crippen LogP contribution in [0.4, 0.5) is 11.4 Å². The molecule has 20 heavy (non-hydrogen) atoms. The number of amides is 1. The SMILES string of the molecule is CN(CCS(C)(=O)=O)CC(=O)N(C)c1ccc(N)cc1. The molecule has 0 bridgehead atoms. The Bertz CT molecular complexity index is 555. The average molecular weight is 299 g/mol. The lowest BCUT2D eigenvalue weighted by atomic mass is 10.2. The lowest BCUT2D eigenvalue weighted by Crippen LogP contribution is -2.38. The summed E-state index contributed by atoms with van der Waals surface area (Å²) in [5, 5.41) is 0. The first kappa shape index (κ1) is 16.5. The van der Waals surface area contributed by atoms with E-state index in [0.29, 0.717) is 12.2 Å². The summed E-state index contributed by atoms with van der Waals surface area (Å²) in [5.41, 5.74) is 6.98. The highest BCUT2D eigenvalue weighted by Crippen LogP contribution is 2.14. The van der Waals surface area contributed by atoms with Crippen LogP contribution in [0.2, 0.25) is 0 Å². The molecule has 1 aromatic rings. The molecule has 0 saturated carbocycles. The standard InChI is InChI=1S/C13H21N3O3S/c1-15(8-9-20(3,18)19)10-13(17)16(2)12-6-4-11(14)5-7-12/h4-7H,8-10,14H2,1-3H3. The number of anilines is 2. The maximum Gasteiger partial charge on any atom is 0.240 e. The van der Waals surface area contributed by atoms with Crippen LogP contribution in [0, 0.1) is 0 Å². The third-order valence-corrected chi connectivity index (χ3v) is 3.83. The van der Waals surface area contributed by atoms with Crippen molar-refractivity contribution >= 4 is 27.1 Å². The Hall–Kier alpha value is -1.60. The highest BCUT2D eigenvalue weighted by molar-refractivity contribution is 7.90. The Labute approximate surface area is 120 Å². The second-order valence-electron chi connectivity index (χ2n) is 4.91. The summed E-state index contributed by atoms with van der Waals surface area (Å²) in [7, 11) is 0.388. The Kier molecular flexibility index (Phi) is 5.52. The number of sulfone groups is 1. The largest absolute Gasteiger partial charge is 0.399 e. The van der Waals surface area contributed by atoms with E-state index in [1.54, 1.807) is 43.3 Å². The first-order valence-electron chi connectivity index (χ1n) is 6.17. The molecule has 0 aromatic heterocycles. The van der Waals surface area contributed by atoms with Gasteiger partial charge in [-0.3, -0.25) is 9.69 Å². The maximum absolute atomic E-state index is 12.1. The van der Waals surface area contributed by atoms with Crippen LogP contribution in [0.25, 0.3) is 0 Å². The zero-order valence-corrected chi connectivity index (χ0v) is 12.9. The number of carbonyl (C=O) groups excluding carboxylic acids is 1. The molecule has 0 unspecified atom stereocenters. The third kappa shape index (κ3) is 5.58. The lowest BCUT2D eigenvalue weighted by molar-refractivity contribution is -0.119. The van der Waals surface area contributed by atoms with E-state index >= 15 is 0 Å². The minimum Gasteiger partial charge on any atom is -0.399 e. The highest BCUT2D eigenvalue weighted by atomic mass is 32.2. The van der Waals surface area contributed by atoms with Gasteiger partial charge in [-0.2, -0.15) is 0 Å². The summed E-state index contributed by atoms with van der Waals surface area (Å²) in [6.45, 7) is 0.497. The molecule has 7 heteroatoms. The molecule has 0 aliphatic rings. The maximum atomic E-state index is 12.1. The van der Waals surface area contributed by atoms with Gasteiger partial charge in [0.25, 0.3) is 0 Å². The Morgan fingerprint density at radius 1 is 1.20 bits per heavy atom. The molecular formula is C13H21N3O3S. The van der Waals surface area contributed by atoms with Crippen molar-refractivity contribution in [2.24, 2.45) is 0 Å². The molecule has 6 nitrogen and oxygen atoms in total. The molecule has 0 aliphatic carbocycles. The summed E-state index contributed by atoms with van der Waals surface area (Å²) in [4.78, 5) is 15.3. The van der Waals surface area contributed by atoms with E-state index in [0.717, 1.165) is 5.69 Å². The Morgan fingerprint density at radius 3 is 2.25 bits per heavy atom. The minimum atomic E-state index is -3.01. The third-order valence-electron chi connectivity index (χ3n) is 2.90. The number of likely N-dealkylation sites (N-methyl/N-ethyl adjacent to an activating group) is 2. The average Bonchev–Trinajstić information content (AvgIpc) is 2.35. The van der Waals surface area contributed by atoms with E-state index in [1.165, 1.54) is 11.2 Å². The predicted molar refractivity (Wildman–Crippen MR) is 81.5 cm³/mol. The highest BCUT2D eigenvalue weighted by Gasteiger charge is 2.14. The van der Waals surface area contributed by atoms with Crippen molar-refractivity contribution in [1.82, 2.24) is 4.90 Å². The number of carbonyl (C=O) groups is 1. The molecule has 0 fully saturated rings. The Balaban J connectivity index is 2.55. The predicted octanol–water partition coefficient (Wildman–Crippen LogP) is 0.208. The normalized spacial score (nSPS) is 11.6. The van der Waals surface area contributed by atoms with Gasteiger partial charge in [-0.1, -0.05) is 0 Å². The van der Waals surface area contributed by atoms with Gasteiger partial charge >= 0.3 is 0 Å². The topological polar surface area (TPSA) is 83.7 Å². The molecular weight excluding hydrogens is 278 g/mol. The van der Waals surface area contributed by atoms with Crippen LogP contribution < -0.4 is 10.6 Å². The summed E-state index contributed by atoms with van der Waals surface area (Å²) in [5.74, 6) is -0.0618. The van der Waals surface area contributed by atoms with Crippen molar-refractivity contribution in [2.75, 3.05) is 49.8 Å². The molecule has 0 aliphatic heterocycles. The summed E-state index contributed by atoms with van der Waals surface area (Å²) >= 11 is 0. The molecule has 112 valence electrons. The van der Waals surface area contributed by atoms with Gasteiger partial charge in [0.05, 0.1) is 12.3 Å². The lowest BCUT2D eigenvalue weighted by Gasteiger charge is -2.21. The van der Waals surface area contributed by atoms with Crippen LogP contribution >= 0.6 is 0 Å². The molecule has 1 aromatic carbocycles. The van der Waals surface area contributed by atoms with Crippen LogP contribution in [-0.4, -0.2) is 58.4 Å². The minimum absolute atomic E-state index is 0.0440. The molecule has 1 amide bonds. The number of rotatable bonds is 6.